The summed E-state index contributed by atoms with van der Waals surface area (Å²) in [6.07, 6.45) is 1.97. The summed E-state index contributed by atoms with van der Waals surface area (Å²) in [4.78, 5) is 26.9. The normalized spacial score (nSPS) is 13.3. The molecule has 8 nitrogen and oxygen atoms in total. The molecule has 4 rings (SSSR count). The second-order valence-corrected chi connectivity index (χ2v) is 11.8. The summed E-state index contributed by atoms with van der Waals surface area (Å²) in [5, 5.41) is 6.53. The molecule has 1 aromatic carbocycles. The van der Waals surface area contributed by atoms with E-state index < -0.39 is 10.0 Å². The molecule has 32 heavy (non-hydrogen) atoms. The Balaban J connectivity index is 1.75. The van der Waals surface area contributed by atoms with Gasteiger partial charge in [-0.2, -0.15) is 0 Å². The van der Waals surface area contributed by atoms with Gasteiger partial charge in [0, 0.05) is 11.4 Å². The summed E-state index contributed by atoms with van der Waals surface area (Å²) in [7, 11) is -3.81. The van der Waals surface area contributed by atoms with Crippen LogP contribution >= 0.6 is 23.1 Å². The second-order valence-electron chi connectivity index (χ2n) is 7.77. The van der Waals surface area contributed by atoms with E-state index in [4.69, 9.17) is 15.1 Å². The Kier molecular flexibility index (Phi) is 6.19. The highest BCUT2D eigenvalue weighted by molar-refractivity contribution is 7.99. The van der Waals surface area contributed by atoms with Crippen molar-refractivity contribution in [3.05, 3.63) is 44.8 Å². The lowest BCUT2D eigenvalue weighted by molar-refractivity contribution is 0.597. The van der Waals surface area contributed by atoms with E-state index in [1.54, 1.807) is 6.07 Å². The number of thioether (sulfide) groups is 1. The van der Waals surface area contributed by atoms with E-state index in [-0.39, 0.29) is 15.7 Å². The first-order chi connectivity index (χ1) is 15.1. The zero-order valence-corrected chi connectivity index (χ0v) is 20.7. The third kappa shape index (κ3) is 4.21. The summed E-state index contributed by atoms with van der Waals surface area (Å²) in [6.45, 7) is 8.77. The van der Waals surface area contributed by atoms with Gasteiger partial charge in [0.2, 0.25) is 10.0 Å². The molecule has 0 aliphatic heterocycles. The number of H-pyrrole nitrogens is 1. The Morgan fingerprint density at radius 2 is 2.03 bits per heavy atom. The minimum Gasteiger partial charge on any atom is -0.319 e. The van der Waals surface area contributed by atoms with Crippen molar-refractivity contribution in [1.29, 1.82) is 0 Å². The van der Waals surface area contributed by atoms with Gasteiger partial charge in [0.1, 0.15) is 10.7 Å². The minimum absolute atomic E-state index is 0.0367. The topological polar surface area (TPSA) is 124 Å². The maximum atomic E-state index is 12.7. The Morgan fingerprint density at radius 3 is 2.72 bits per heavy atom. The molecule has 0 unspecified atom stereocenters. The summed E-state index contributed by atoms with van der Waals surface area (Å²) >= 11 is 3.01. The summed E-state index contributed by atoms with van der Waals surface area (Å²) in [6, 6.07) is 4.76. The number of nitrogens with zero attached hydrogens (tertiary/aromatic N) is 3. The molecule has 0 amide bonds. The van der Waals surface area contributed by atoms with Crippen molar-refractivity contribution in [3.8, 4) is 0 Å². The van der Waals surface area contributed by atoms with Crippen molar-refractivity contribution in [2.75, 3.05) is 0 Å². The van der Waals surface area contributed by atoms with Gasteiger partial charge in [-0.05, 0) is 51.0 Å². The number of sulfonamides is 1. The van der Waals surface area contributed by atoms with Gasteiger partial charge in [-0.3, -0.25) is 4.79 Å². The maximum Gasteiger partial charge on any atom is 0.259 e. The molecule has 3 aromatic heterocycles. The zero-order valence-electron chi connectivity index (χ0n) is 18.3. The van der Waals surface area contributed by atoms with Crippen molar-refractivity contribution in [3.63, 3.8) is 0 Å². The van der Waals surface area contributed by atoms with Crippen LogP contribution in [0.1, 0.15) is 48.2 Å². The molecule has 170 valence electrons. The Bertz CT molecular complexity index is 1480. The van der Waals surface area contributed by atoms with Crippen molar-refractivity contribution in [2.24, 2.45) is 5.14 Å². The average Bonchev–Trinajstić information content (AvgIpc) is 3.21. The fourth-order valence-corrected chi connectivity index (χ4v) is 6.14. The summed E-state index contributed by atoms with van der Waals surface area (Å²) in [5.74, 6) is 0.591. The number of hydrogen-bond acceptors (Lipinski definition) is 7. The van der Waals surface area contributed by atoms with Crippen LogP contribution in [0.15, 0.2) is 33.0 Å². The van der Waals surface area contributed by atoms with Crippen LogP contribution in [-0.4, -0.2) is 27.9 Å². The van der Waals surface area contributed by atoms with E-state index in [1.807, 2.05) is 20.8 Å². The molecule has 0 spiro atoms. The van der Waals surface area contributed by atoms with Crippen LogP contribution in [-0.2, 0) is 16.6 Å². The van der Waals surface area contributed by atoms with Crippen LogP contribution in [0.4, 0.5) is 0 Å². The smallest absolute Gasteiger partial charge is 0.259 e. The van der Waals surface area contributed by atoms with Crippen LogP contribution in [0.2, 0.25) is 0 Å². The molecule has 11 heteroatoms. The van der Waals surface area contributed by atoms with E-state index in [0.717, 1.165) is 45.3 Å². The summed E-state index contributed by atoms with van der Waals surface area (Å²) < 4.78 is 25.6. The van der Waals surface area contributed by atoms with E-state index >= 15 is 0 Å². The summed E-state index contributed by atoms with van der Waals surface area (Å²) in [5.41, 5.74) is 2.26. The van der Waals surface area contributed by atoms with Gasteiger partial charge >= 0.3 is 0 Å². The quantitative estimate of drug-likeness (QED) is 0.372. The molecule has 0 saturated carbocycles. The fourth-order valence-electron chi connectivity index (χ4n) is 3.56. The molecule has 0 aliphatic rings. The predicted octanol–water partition coefficient (Wildman–Crippen LogP) is 4.25. The van der Waals surface area contributed by atoms with Gasteiger partial charge in [-0.15, -0.1) is 11.3 Å². The van der Waals surface area contributed by atoms with Gasteiger partial charge in [0.15, 0.2) is 5.16 Å². The van der Waals surface area contributed by atoms with Gasteiger partial charge in [0.25, 0.3) is 5.56 Å². The second kappa shape index (κ2) is 8.62. The van der Waals surface area contributed by atoms with Crippen LogP contribution in [0.3, 0.4) is 0 Å². The van der Waals surface area contributed by atoms with Gasteiger partial charge < -0.3 is 9.55 Å². The maximum absolute atomic E-state index is 12.7. The number of fused-ring (bicyclic) bond motifs is 2. The number of imidazole rings is 1. The molecule has 0 aliphatic carbocycles. The molecular weight excluding hydrogens is 466 g/mol. The lowest BCUT2D eigenvalue weighted by Gasteiger charge is -2.12. The first-order valence-corrected chi connectivity index (χ1v) is 13.5. The van der Waals surface area contributed by atoms with Crippen molar-refractivity contribution >= 4 is 54.4 Å². The molecule has 0 radical (unpaired) electrons. The minimum atomic E-state index is -3.81. The molecule has 0 bridgehead atoms. The zero-order chi connectivity index (χ0) is 23.2. The highest BCUT2D eigenvalue weighted by Gasteiger charge is 2.20. The Morgan fingerprint density at radius 1 is 1.28 bits per heavy atom. The van der Waals surface area contributed by atoms with Crippen molar-refractivity contribution in [2.45, 2.75) is 62.4 Å². The highest BCUT2D eigenvalue weighted by atomic mass is 32.2. The number of hydrogen-bond donors (Lipinski definition) is 2. The Labute approximate surface area is 194 Å². The van der Waals surface area contributed by atoms with Crippen LogP contribution in [0.5, 0.6) is 0 Å². The standard InChI is InChI=1S/C21H25N5O3S3/c1-5-6-9-26-16-8-7-14(32(22,28)29)10-15(16)23-21(26)31-13(4)18-24-19(27)17-11(2)12(3)30-20(17)25-18/h7-8,10,13H,5-6,9H2,1-4H3,(H2,22,28,29)(H,24,25,27)/t13-/m1/s1. The lowest BCUT2D eigenvalue weighted by atomic mass is 10.2. The molecular formula is C21H25N5O3S3. The molecule has 3 heterocycles. The van der Waals surface area contributed by atoms with Crippen LogP contribution < -0.4 is 10.7 Å². The van der Waals surface area contributed by atoms with Crippen molar-refractivity contribution < 1.29 is 8.42 Å². The number of rotatable bonds is 7. The van der Waals surface area contributed by atoms with Gasteiger partial charge in [-0.1, -0.05) is 25.1 Å². The molecule has 0 fully saturated rings. The number of unbranched alkanes of at least 4 members (excludes halogenated alkanes) is 1. The first-order valence-electron chi connectivity index (χ1n) is 10.3. The number of primary sulfonamides is 1. The fraction of sp³-hybridized carbons (Fsp3) is 0.381. The SMILES string of the molecule is CCCCn1c(S[C@H](C)c2nc3sc(C)c(C)c3c(=O)[nH]2)nc2cc(S(N)(=O)=O)ccc21. The van der Waals surface area contributed by atoms with Crippen LogP contribution in [0.25, 0.3) is 21.3 Å². The van der Waals surface area contributed by atoms with Crippen LogP contribution in [0, 0.1) is 13.8 Å². The van der Waals surface area contributed by atoms with Crippen molar-refractivity contribution in [1.82, 2.24) is 19.5 Å². The average molecular weight is 492 g/mol. The Hall–Kier alpha value is -2.21. The lowest BCUT2D eigenvalue weighted by Crippen LogP contribution is -2.13. The third-order valence-electron chi connectivity index (χ3n) is 5.47. The van der Waals surface area contributed by atoms with E-state index in [2.05, 4.69) is 16.5 Å². The van der Waals surface area contributed by atoms with E-state index in [1.165, 1.54) is 35.2 Å². The number of aromatic amines is 1. The number of aryl methyl sites for hydroxylation is 3. The number of nitrogens with two attached hydrogens (primary N) is 1. The number of thiophene rings is 1. The monoisotopic (exact) mass is 491 g/mol. The predicted molar refractivity (Wildman–Crippen MR) is 130 cm³/mol. The van der Waals surface area contributed by atoms with Gasteiger partial charge in [0.05, 0.1) is 26.6 Å². The number of benzene rings is 1. The molecule has 0 saturated heterocycles. The highest BCUT2D eigenvalue weighted by Crippen LogP contribution is 2.36. The number of aromatic nitrogens is 4. The largest absolute Gasteiger partial charge is 0.319 e. The first kappa shape index (κ1) is 23.0. The molecule has 1 atom stereocenters. The number of nitrogens with one attached hydrogen (secondary N) is 1. The third-order valence-corrected chi connectivity index (χ3v) is 8.58. The molecule has 3 N–H and O–H groups in total. The van der Waals surface area contributed by atoms with E-state index in [0.29, 0.717) is 16.7 Å². The van der Waals surface area contributed by atoms with Gasteiger partial charge in [-0.25, -0.2) is 23.5 Å². The van der Waals surface area contributed by atoms with E-state index in [9.17, 15) is 13.2 Å². The molecule has 4 aromatic rings.